The Balaban J connectivity index is 2.15. The SMILES string of the molecule is CCSC1=C(c2ccc(C)c(C)c2)C(=O)N(c2cc(Cl)ccc2Cl)C1=O. The Hall–Kier alpha value is -1.75. The van der Waals surface area contributed by atoms with Crippen LogP contribution in [0.25, 0.3) is 5.57 Å². The minimum absolute atomic E-state index is 0.304. The number of thioether (sulfide) groups is 1. The molecule has 1 aliphatic heterocycles. The van der Waals surface area contributed by atoms with Gasteiger partial charge in [0, 0.05) is 5.02 Å². The zero-order valence-electron chi connectivity index (χ0n) is 14.6. The van der Waals surface area contributed by atoms with Crippen LogP contribution in [0.3, 0.4) is 0 Å². The highest BCUT2D eigenvalue weighted by molar-refractivity contribution is 8.04. The molecular formula is C20H17Cl2NO2S. The van der Waals surface area contributed by atoms with Gasteiger partial charge >= 0.3 is 0 Å². The Kier molecular flexibility index (Phi) is 5.47. The molecule has 6 heteroatoms. The lowest BCUT2D eigenvalue weighted by atomic mass is 10.0. The lowest BCUT2D eigenvalue weighted by Crippen LogP contribution is -2.31. The first kappa shape index (κ1) is 19.0. The topological polar surface area (TPSA) is 37.4 Å². The molecule has 3 rings (SSSR count). The monoisotopic (exact) mass is 405 g/mol. The van der Waals surface area contributed by atoms with Crippen molar-refractivity contribution in [3.63, 3.8) is 0 Å². The number of anilines is 1. The number of nitrogens with zero attached hydrogens (tertiary/aromatic N) is 1. The molecule has 0 N–H and O–H groups in total. The van der Waals surface area contributed by atoms with E-state index in [0.29, 0.717) is 32.0 Å². The van der Waals surface area contributed by atoms with Gasteiger partial charge in [-0.05, 0) is 54.5 Å². The minimum atomic E-state index is -0.377. The van der Waals surface area contributed by atoms with Crippen molar-refractivity contribution in [2.45, 2.75) is 20.8 Å². The van der Waals surface area contributed by atoms with Crippen LogP contribution in [-0.2, 0) is 9.59 Å². The number of hydrogen-bond acceptors (Lipinski definition) is 3. The van der Waals surface area contributed by atoms with E-state index >= 15 is 0 Å². The van der Waals surface area contributed by atoms with E-state index in [1.54, 1.807) is 12.1 Å². The van der Waals surface area contributed by atoms with Crippen LogP contribution in [0, 0.1) is 13.8 Å². The number of aryl methyl sites for hydroxylation is 2. The molecule has 0 aromatic heterocycles. The summed E-state index contributed by atoms with van der Waals surface area (Å²) >= 11 is 13.7. The first-order chi connectivity index (χ1) is 12.3. The predicted molar refractivity (Wildman–Crippen MR) is 110 cm³/mol. The number of amides is 2. The van der Waals surface area contributed by atoms with E-state index in [1.807, 2.05) is 39.0 Å². The van der Waals surface area contributed by atoms with Crippen molar-refractivity contribution >= 4 is 58.0 Å². The van der Waals surface area contributed by atoms with Gasteiger partial charge in [-0.2, -0.15) is 0 Å². The molecular weight excluding hydrogens is 389 g/mol. The van der Waals surface area contributed by atoms with Gasteiger partial charge in [0.2, 0.25) is 0 Å². The Bertz CT molecular complexity index is 953. The number of imide groups is 1. The second-order valence-electron chi connectivity index (χ2n) is 5.98. The quantitative estimate of drug-likeness (QED) is 0.616. The maximum atomic E-state index is 13.2. The Morgan fingerprint density at radius 2 is 1.69 bits per heavy atom. The number of halogens is 2. The molecule has 1 aliphatic rings. The van der Waals surface area contributed by atoms with Crippen LogP contribution in [0.1, 0.15) is 23.6 Å². The third-order valence-electron chi connectivity index (χ3n) is 4.27. The Morgan fingerprint density at radius 1 is 0.962 bits per heavy atom. The molecule has 0 unspecified atom stereocenters. The summed E-state index contributed by atoms with van der Waals surface area (Å²) in [4.78, 5) is 27.8. The van der Waals surface area contributed by atoms with Crippen molar-refractivity contribution in [1.29, 1.82) is 0 Å². The summed E-state index contributed by atoms with van der Waals surface area (Å²) in [6.45, 7) is 5.94. The molecule has 26 heavy (non-hydrogen) atoms. The van der Waals surface area contributed by atoms with E-state index in [2.05, 4.69) is 0 Å². The third-order valence-corrected chi connectivity index (χ3v) is 5.79. The largest absolute Gasteiger partial charge is 0.272 e. The van der Waals surface area contributed by atoms with Crippen molar-refractivity contribution in [2.75, 3.05) is 10.7 Å². The Morgan fingerprint density at radius 3 is 2.35 bits per heavy atom. The highest BCUT2D eigenvalue weighted by atomic mass is 35.5. The average molecular weight is 406 g/mol. The molecule has 2 aromatic carbocycles. The Labute approximate surface area is 167 Å². The van der Waals surface area contributed by atoms with Gasteiger partial charge in [-0.1, -0.05) is 48.3 Å². The van der Waals surface area contributed by atoms with E-state index in [4.69, 9.17) is 23.2 Å². The molecule has 0 spiro atoms. The maximum Gasteiger partial charge on any atom is 0.272 e. The lowest BCUT2D eigenvalue weighted by Gasteiger charge is -2.17. The fourth-order valence-corrected chi connectivity index (χ4v) is 4.04. The number of carbonyl (C=O) groups is 2. The first-order valence-corrected chi connectivity index (χ1v) is 9.87. The van der Waals surface area contributed by atoms with Gasteiger partial charge in [-0.3, -0.25) is 9.59 Å². The lowest BCUT2D eigenvalue weighted by molar-refractivity contribution is -0.119. The summed E-state index contributed by atoms with van der Waals surface area (Å²) in [7, 11) is 0. The van der Waals surface area contributed by atoms with E-state index in [1.165, 1.54) is 17.8 Å². The van der Waals surface area contributed by atoms with Crippen LogP contribution >= 0.6 is 35.0 Å². The van der Waals surface area contributed by atoms with Crippen LogP contribution in [0.2, 0.25) is 10.0 Å². The van der Waals surface area contributed by atoms with Gasteiger partial charge < -0.3 is 0 Å². The molecule has 0 bridgehead atoms. The number of rotatable bonds is 4. The second kappa shape index (κ2) is 7.47. The van der Waals surface area contributed by atoms with Crippen molar-refractivity contribution in [3.05, 3.63) is 68.0 Å². The van der Waals surface area contributed by atoms with Gasteiger partial charge in [-0.25, -0.2) is 4.90 Å². The van der Waals surface area contributed by atoms with Gasteiger partial charge in [0.1, 0.15) is 0 Å². The molecule has 0 atom stereocenters. The van der Waals surface area contributed by atoms with Crippen molar-refractivity contribution in [2.24, 2.45) is 0 Å². The smallest absolute Gasteiger partial charge is 0.268 e. The molecule has 0 radical (unpaired) electrons. The maximum absolute atomic E-state index is 13.2. The zero-order chi connectivity index (χ0) is 19.0. The minimum Gasteiger partial charge on any atom is -0.268 e. The summed E-state index contributed by atoms with van der Waals surface area (Å²) in [5, 5.41) is 0.715. The van der Waals surface area contributed by atoms with Gasteiger partial charge in [-0.15, -0.1) is 11.8 Å². The van der Waals surface area contributed by atoms with Crippen LogP contribution in [0.4, 0.5) is 5.69 Å². The van der Waals surface area contributed by atoms with Crippen molar-refractivity contribution < 1.29 is 9.59 Å². The van der Waals surface area contributed by atoms with Crippen LogP contribution in [0.15, 0.2) is 41.3 Å². The normalized spacial score (nSPS) is 14.6. The molecule has 134 valence electrons. The van der Waals surface area contributed by atoms with Gasteiger partial charge in [0.05, 0.1) is 21.2 Å². The number of benzene rings is 2. The summed E-state index contributed by atoms with van der Waals surface area (Å²) in [6, 6.07) is 10.5. The standard InChI is InChI=1S/C20H17Cl2NO2S/c1-4-26-18-17(13-6-5-11(2)12(3)9-13)19(24)23(20(18)25)16-10-14(21)7-8-15(16)22/h5-10H,4H2,1-3H3. The summed E-state index contributed by atoms with van der Waals surface area (Å²) in [5.74, 6) is -0.0579. The summed E-state index contributed by atoms with van der Waals surface area (Å²) in [6.07, 6.45) is 0. The molecule has 2 aromatic rings. The average Bonchev–Trinajstić information content (AvgIpc) is 2.84. The highest BCUT2D eigenvalue weighted by Crippen LogP contribution is 2.41. The van der Waals surface area contributed by atoms with E-state index in [9.17, 15) is 9.59 Å². The number of carbonyl (C=O) groups excluding carboxylic acids is 2. The molecule has 0 saturated heterocycles. The third kappa shape index (κ3) is 3.29. The van der Waals surface area contributed by atoms with Gasteiger partial charge in [0.15, 0.2) is 0 Å². The van der Waals surface area contributed by atoms with E-state index in [0.717, 1.165) is 21.6 Å². The molecule has 0 fully saturated rings. The second-order valence-corrected chi connectivity index (χ2v) is 8.10. The van der Waals surface area contributed by atoms with Crippen molar-refractivity contribution in [1.82, 2.24) is 0 Å². The molecule has 0 saturated carbocycles. The molecule has 0 aliphatic carbocycles. The number of hydrogen-bond donors (Lipinski definition) is 0. The fraction of sp³-hybridized carbons (Fsp3) is 0.200. The summed E-state index contributed by atoms with van der Waals surface area (Å²) < 4.78 is 0. The van der Waals surface area contributed by atoms with E-state index in [-0.39, 0.29) is 11.8 Å². The molecule has 1 heterocycles. The van der Waals surface area contributed by atoms with Gasteiger partial charge in [0.25, 0.3) is 11.8 Å². The summed E-state index contributed by atoms with van der Waals surface area (Å²) in [5.41, 5.74) is 3.66. The molecule has 3 nitrogen and oxygen atoms in total. The van der Waals surface area contributed by atoms with Crippen LogP contribution in [0.5, 0.6) is 0 Å². The van der Waals surface area contributed by atoms with Crippen LogP contribution in [-0.4, -0.2) is 17.6 Å². The predicted octanol–water partition coefficient (Wildman–Crippen LogP) is 5.65. The first-order valence-electron chi connectivity index (χ1n) is 8.13. The molecule has 2 amide bonds. The highest BCUT2D eigenvalue weighted by Gasteiger charge is 2.40. The fourth-order valence-electron chi connectivity index (χ4n) is 2.82. The van der Waals surface area contributed by atoms with Crippen LogP contribution < -0.4 is 4.90 Å². The zero-order valence-corrected chi connectivity index (χ0v) is 16.9. The van der Waals surface area contributed by atoms with E-state index < -0.39 is 0 Å². The van der Waals surface area contributed by atoms with Crippen molar-refractivity contribution in [3.8, 4) is 0 Å².